The van der Waals surface area contributed by atoms with E-state index >= 15 is 0 Å². The molecule has 0 aromatic carbocycles. The fourth-order valence-electron chi connectivity index (χ4n) is 2.36. The van der Waals surface area contributed by atoms with E-state index < -0.39 is 17.9 Å². The largest absolute Gasteiger partial charge is 0.388 e. The van der Waals surface area contributed by atoms with E-state index in [2.05, 4.69) is 10.6 Å². The molecular formula is C14H20N2O3S. The maximum Gasteiger partial charge on any atom is 0.309 e. The third kappa shape index (κ3) is 4.31. The van der Waals surface area contributed by atoms with Gasteiger partial charge in [0.25, 0.3) is 0 Å². The van der Waals surface area contributed by atoms with Crippen LogP contribution in [0.25, 0.3) is 0 Å². The van der Waals surface area contributed by atoms with Crippen molar-refractivity contribution in [2.45, 2.75) is 44.2 Å². The van der Waals surface area contributed by atoms with Gasteiger partial charge in [-0.15, -0.1) is 0 Å². The Bertz CT molecular complexity index is 441. The van der Waals surface area contributed by atoms with Crippen molar-refractivity contribution >= 4 is 23.2 Å². The number of thiophene rings is 1. The topological polar surface area (TPSA) is 78.4 Å². The zero-order valence-electron chi connectivity index (χ0n) is 11.3. The van der Waals surface area contributed by atoms with Gasteiger partial charge in [0.2, 0.25) is 0 Å². The highest BCUT2D eigenvalue weighted by molar-refractivity contribution is 7.07. The molecule has 1 fully saturated rings. The van der Waals surface area contributed by atoms with Gasteiger partial charge in [0.1, 0.15) is 0 Å². The average molecular weight is 296 g/mol. The van der Waals surface area contributed by atoms with E-state index in [4.69, 9.17) is 0 Å². The van der Waals surface area contributed by atoms with Crippen LogP contribution in [0.15, 0.2) is 16.8 Å². The molecule has 1 aromatic heterocycles. The molecule has 0 unspecified atom stereocenters. The summed E-state index contributed by atoms with van der Waals surface area (Å²) >= 11 is 1.52. The van der Waals surface area contributed by atoms with Crippen LogP contribution in [0.2, 0.25) is 0 Å². The van der Waals surface area contributed by atoms with Crippen LogP contribution in [-0.2, 0) is 9.59 Å². The molecule has 2 rings (SSSR count). The molecule has 2 amide bonds. The number of aliphatic hydroxyl groups excluding tert-OH is 1. The Hall–Kier alpha value is -1.40. The average Bonchev–Trinajstić information content (AvgIpc) is 3.11. The molecule has 6 heteroatoms. The van der Waals surface area contributed by atoms with E-state index in [9.17, 15) is 14.7 Å². The summed E-state index contributed by atoms with van der Waals surface area (Å²) in [6.45, 7) is 0.286. The first-order valence-corrected chi connectivity index (χ1v) is 7.90. The number of carbonyl (C=O) groups excluding carboxylic acids is 2. The second kappa shape index (κ2) is 7.40. The van der Waals surface area contributed by atoms with E-state index in [0.717, 1.165) is 31.2 Å². The summed E-state index contributed by atoms with van der Waals surface area (Å²) in [5.41, 5.74) is 0.847. The Balaban J connectivity index is 1.65. The van der Waals surface area contributed by atoms with Gasteiger partial charge in [-0.05, 0) is 41.7 Å². The zero-order chi connectivity index (χ0) is 14.4. The Labute approximate surface area is 122 Å². The predicted octanol–water partition coefficient (Wildman–Crippen LogP) is 1.35. The van der Waals surface area contributed by atoms with Crippen molar-refractivity contribution in [1.29, 1.82) is 0 Å². The van der Waals surface area contributed by atoms with Gasteiger partial charge in [-0.25, -0.2) is 0 Å². The third-order valence-corrected chi connectivity index (χ3v) is 4.23. The first-order valence-electron chi connectivity index (χ1n) is 6.95. The summed E-state index contributed by atoms with van der Waals surface area (Å²) in [5.74, 6) is -1.18. The van der Waals surface area contributed by atoms with Crippen LogP contribution >= 0.6 is 11.3 Å². The Morgan fingerprint density at radius 3 is 2.75 bits per heavy atom. The van der Waals surface area contributed by atoms with Gasteiger partial charge in [-0.3, -0.25) is 9.59 Å². The summed E-state index contributed by atoms with van der Waals surface area (Å²) in [6.07, 6.45) is 3.93. The lowest BCUT2D eigenvalue weighted by molar-refractivity contribution is -0.139. The molecule has 0 spiro atoms. The monoisotopic (exact) mass is 296 g/mol. The molecule has 1 saturated carbocycles. The summed E-state index contributed by atoms with van der Waals surface area (Å²) < 4.78 is 0. The Kier molecular flexibility index (Phi) is 5.55. The van der Waals surface area contributed by atoms with Crippen molar-refractivity contribution < 1.29 is 14.7 Å². The molecule has 0 bridgehead atoms. The van der Waals surface area contributed by atoms with Crippen LogP contribution in [0, 0.1) is 0 Å². The molecule has 1 heterocycles. The number of nitrogens with one attached hydrogen (secondary N) is 2. The van der Waals surface area contributed by atoms with Crippen molar-refractivity contribution in [3.63, 3.8) is 0 Å². The van der Waals surface area contributed by atoms with Gasteiger partial charge in [-0.2, -0.15) is 11.3 Å². The van der Waals surface area contributed by atoms with Crippen LogP contribution in [0.5, 0.6) is 0 Å². The second-order valence-electron chi connectivity index (χ2n) is 5.07. The smallest absolute Gasteiger partial charge is 0.309 e. The van der Waals surface area contributed by atoms with Crippen LogP contribution < -0.4 is 10.6 Å². The molecule has 5 nitrogen and oxygen atoms in total. The number of hydrogen-bond donors (Lipinski definition) is 3. The van der Waals surface area contributed by atoms with Crippen molar-refractivity contribution in [2.24, 2.45) is 0 Å². The fourth-order valence-corrected chi connectivity index (χ4v) is 3.06. The lowest BCUT2D eigenvalue weighted by Crippen LogP contribution is -2.44. The normalized spacial score (nSPS) is 16.9. The minimum absolute atomic E-state index is 0.143. The van der Waals surface area contributed by atoms with Crippen LogP contribution in [0.1, 0.15) is 43.8 Å². The minimum Gasteiger partial charge on any atom is -0.388 e. The maximum absolute atomic E-state index is 11.6. The molecule has 3 N–H and O–H groups in total. The lowest BCUT2D eigenvalue weighted by atomic mass is 10.1. The second-order valence-corrected chi connectivity index (χ2v) is 5.85. The molecule has 0 radical (unpaired) electrons. The molecule has 0 aliphatic heterocycles. The lowest BCUT2D eigenvalue weighted by Gasteiger charge is -2.12. The van der Waals surface area contributed by atoms with Crippen LogP contribution in [0.4, 0.5) is 0 Å². The van der Waals surface area contributed by atoms with Crippen molar-refractivity contribution in [3.8, 4) is 0 Å². The van der Waals surface area contributed by atoms with Crippen molar-refractivity contribution in [1.82, 2.24) is 10.6 Å². The summed E-state index contributed by atoms with van der Waals surface area (Å²) in [5, 5.41) is 18.9. The van der Waals surface area contributed by atoms with E-state index in [1.165, 1.54) is 11.3 Å². The van der Waals surface area contributed by atoms with Crippen LogP contribution in [0.3, 0.4) is 0 Å². The summed E-state index contributed by atoms with van der Waals surface area (Å²) in [6, 6.07) is 1.99. The van der Waals surface area contributed by atoms with Gasteiger partial charge in [0.15, 0.2) is 0 Å². The number of hydrogen-bond acceptors (Lipinski definition) is 4. The fraction of sp³-hybridized carbons (Fsp3) is 0.571. The van der Waals surface area contributed by atoms with E-state index in [1.54, 1.807) is 0 Å². The first kappa shape index (κ1) is 15.0. The van der Waals surface area contributed by atoms with Gasteiger partial charge in [-0.1, -0.05) is 12.8 Å². The predicted molar refractivity (Wildman–Crippen MR) is 77.3 cm³/mol. The van der Waals surface area contributed by atoms with Gasteiger partial charge in [0.05, 0.1) is 6.10 Å². The number of carbonyl (C=O) groups is 2. The molecule has 1 atom stereocenters. The SMILES string of the molecule is O=C(NCC[C@H](O)c1ccsc1)C(=O)NC1CCCC1. The highest BCUT2D eigenvalue weighted by Crippen LogP contribution is 2.19. The Morgan fingerprint density at radius 2 is 2.10 bits per heavy atom. The first-order chi connectivity index (χ1) is 9.66. The molecule has 1 aliphatic carbocycles. The van der Waals surface area contributed by atoms with Gasteiger partial charge >= 0.3 is 11.8 Å². The van der Waals surface area contributed by atoms with E-state index in [0.29, 0.717) is 6.42 Å². The van der Waals surface area contributed by atoms with Crippen molar-refractivity contribution in [3.05, 3.63) is 22.4 Å². The molecule has 0 saturated heterocycles. The molecular weight excluding hydrogens is 276 g/mol. The highest BCUT2D eigenvalue weighted by atomic mass is 32.1. The standard InChI is InChI=1S/C14H20N2O3S/c17-12(10-6-8-20-9-10)5-7-15-13(18)14(19)16-11-3-1-2-4-11/h6,8-9,11-12,17H,1-5,7H2,(H,15,18)(H,16,19)/t12-/m0/s1. The zero-order valence-corrected chi connectivity index (χ0v) is 12.1. The molecule has 110 valence electrons. The van der Waals surface area contributed by atoms with Crippen LogP contribution in [-0.4, -0.2) is 29.5 Å². The van der Waals surface area contributed by atoms with E-state index in [-0.39, 0.29) is 12.6 Å². The molecule has 1 aromatic rings. The number of amides is 2. The maximum atomic E-state index is 11.6. The van der Waals surface area contributed by atoms with Gasteiger partial charge in [0, 0.05) is 12.6 Å². The molecule has 1 aliphatic rings. The van der Waals surface area contributed by atoms with E-state index in [1.807, 2.05) is 16.8 Å². The molecule has 20 heavy (non-hydrogen) atoms. The summed E-state index contributed by atoms with van der Waals surface area (Å²) in [4.78, 5) is 23.2. The quantitative estimate of drug-likeness (QED) is 0.718. The highest BCUT2D eigenvalue weighted by Gasteiger charge is 2.21. The number of aliphatic hydroxyl groups is 1. The van der Waals surface area contributed by atoms with Gasteiger partial charge < -0.3 is 15.7 Å². The Morgan fingerprint density at radius 1 is 1.35 bits per heavy atom. The van der Waals surface area contributed by atoms with Crippen molar-refractivity contribution in [2.75, 3.05) is 6.54 Å². The third-order valence-electron chi connectivity index (χ3n) is 3.53. The number of rotatable bonds is 5. The summed E-state index contributed by atoms with van der Waals surface area (Å²) in [7, 11) is 0. The minimum atomic E-state index is -0.616.